The number of rotatable bonds is 3. The maximum atomic E-state index is 10.9. The standard InChI is InChI=1S/C9H10N2O3/c1-5(12)6-2-3-7(11-4-6)8(10)9(13)14/h2-4,8H,10H2,1H3,(H,13,14)/t8-/m1/s1. The van der Waals surface area contributed by atoms with Crippen LogP contribution >= 0.6 is 0 Å². The van der Waals surface area contributed by atoms with Gasteiger partial charge in [-0.3, -0.25) is 14.6 Å². The summed E-state index contributed by atoms with van der Waals surface area (Å²) in [6, 6.07) is 1.80. The number of carbonyl (C=O) groups is 2. The maximum absolute atomic E-state index is 10.9. The first-order chi connectivity index (χ1) is 6.52. The SMILES string of the molecule is CC(=O)c1ccc([C@@H](N)C(=O)O)nc1. The van der Waals surface area contributed by atoms with Gasteiger partial charge < -0.3 is 10.8 Å². The van der Waals surface area contributed by atoms with Gasteiger partial charge in [0, 0.05) is 11.8 Å². The molecule has 0 amide bonds. The van der Waals surface area contributed by atoms with Gasteiger partial charge in [-0.2, -0.15) is 0 Å². The summed E-state index contributed by atoms with van der Waals surface area (Å²) < 4.78 is 0. The van der Waals surface area contributed by atoms with Crippen molar-refractivity contribution in [2.24, 2.45) is 5.73 Å². The fourth-order valence-corrected chi connectivity index (χ4v) is 0.924. The van der Waals surface area contributed by atoms with E-state index in [0.29, 0.717) is 5.56 Å². The molecule has 0 aliphatic carbocycles. The first kappa shape index (κ1) is 10.3. The highest BCUT2D eigenvalue weighted by atomic mass is 16.4. The van der Waals surface area contributed by atoms with E-state index in [1.54, 1.807) is 0 Å². The molecule has 0 fully saturated rings. The van der Waals surface area contributed by atoms with Crippen molar-refractivity contribution in [3.63, 3.8) is 0 Å². The number of nitrogens with zero attached hydrogens (tertiary/aromatic N) is 1. The summed E-state index contributed by atoms with van der Waals surface area (Å²) >= 11 is 0. The van der Waals surface area contributed by atoms with Gasteiger partial charge in [0.1, 0.15) is 6.04 Å². The molecule has 3 N–H and O–H groups in total. The molecule has 1 atom stereocenters. The molecule has 0 aromatic carbocycles. The number of Topliss-reactive ketones (excluding diaryl/α,β-unsaturated/α-hetero) is 1. The Morgan fingerprint density at radius 1 is 1.50 bits per heavy atom. The van der Waals surface area contributed by atoms with Crippen LogP contribution in [0.2, 0.25) is 0 Å². The lowest BCUT2D eigenvalue weighted by Crippen LogP contribution is -2.21. The largest absolute Gasteiger partial charge is 0.480 e. The van der Waals surface area contributed by atoms with E-state index in [4.69, 9.17) is 10.8 Å². The quantitative estimate of drug-likeness (QED) is 0.678. The highest BCUT2D eigenvalue weighted by Gasteiger charge is 2.15. The molecule has 1 heterocycles. The number of nitrogens with two attached hydrogens (primary N) is 1. The number of hydrogen-bond donors (Lipinski definition) is 2. The highest BCUT2D eigenvalue weighted by Crippen LogP contribution is 2.08. The van der Waals surface area contributed by atoms with E-state index < -0.39 is 12.0 Å². The van der Waals surface area contributed by atoms with Crippen LogP contribution in [0.3, 0.4) is 0 Å². The van der Waals surface area contributed by atoms with E-state index >= 15 is 0 Å². The van der Waals surface area contributed by atoms with Crippen LogP contribution in [-0.2, 0) is 4.79 Å². The minimum absolute atomic E-state index is 0.118. The second kappa shape index (κ2) is 3.97. The maximum Gasteiger partial charge on any atom is 0.326 e. The van der Waals surface area contributed by atoms with Crippen LogP contribution in [0.15, 0.2) is 18.3 Å². The molecule has 5 nitrogen and oxygen atoms in total. The minimum atomic E-state index is -1.15. The number of carboxylic acid groups (broad SMARTS) is 1. The molecule has 0 aliphatic heterocycles. The molecule has 0 spiro atoms. The molecular formula is C9H10N2O3. The molecule has 0 bridgehead atoms. The van der Waals surface area contributed by atoms with E-state index in [-0.39, 0.29) is 11.5 Å². The van der Waals surface area contributed by atoms with E-state index in [1.165, 1.54) is 25.3 Å². The Bertz CT molecular complexity index is 359. The third kappa shape index (κ3) is 2.14. The van der Waals surface area contributed by atoms with Gasteiger partial charge in [0.25, 0.3) is 0 Å². The summed E-state index contributed by atoms with van der Waals surface area (Å²) in [4.78, 5) is 25.2. The average Bonchev–Trinajstić information content (AvgIpc) is 2.16. The first-order valence-corrected chi connectivity index (χ1v) is 3.97. The van der Waals surface area contributed by atoms with Crippen molar-refractivity contribution in [2.75, 3.05) is 0 Å². The van der Waals surface area contributed by atoms with Crippen LogP contribution in [0.4, 0.5) is 0 Å². The van der Waals surface area contributed by atoms with Gasteiger partial charge in [0.2, 0.25) is 0 Å². The normalized spacial score (nSPS) is 12.1. The molecule has 14 heavy (non-hydrogen) atoms. The van der Waals surface area contributed by atoms with Crippen LogP contribution < -0.4 is 5.73 Å². The fraction of sp³-hybridized carbons (Fsp3) is 0.222. The number of carboxylic acids is 1. The smallest absolute Gasteiger partial charge is 0.326 e. The monoisotopic (exact) mass is 194 g/mol. The van der Waals surface area contributed by atoms with Crippen molar-refractivity contribution >= 4 is 11.8 Å². The Kier molecular flexibility index (Phi) is 2.93. The number of pyridine rings is 1. The molecule has 74 valence electrons. The van der Waals surface area contributed by atoms with Crippen LogP contribution in [-0.4, -0.2) is 21.8 Å². The molecular weight excluding hydrogens is 184 g/mol. The lowest BCUT2D eigenvalue weighted by atomic mass is 10.1. The Morgan fingerprint density at radius 3 is 2.50 bits per heavy atom. The average molecular weight is 194 g/mol. The van der Waals surface area contributed by atoms with Gasteiger partial charge in [0.05, 0.1) is 5.69 Å². The Hall–Kier alpha value is -1.75. The summed E-state index contributed by atoms with van der Waals surface area (Å²) in [6.45, 7) is 1.41. The molecule has 0 aliphatic rings. The molecule has 5 heteroatoms. The van der Waals surface area contributed by atoms with Crippen molar-refractivity contribution in [2.45, 2.75) is 13.0 Å². The van der Waals surface area contributed by atoms with Gasteiger partial charge in [-0.1, -0.05) is 0 Å². The third-order valence-electron chi connectivity index (χ3n) is 1.78. The van der Waals surface area contributed by atoms with E-state index in [1.807, 2.05) is 0 Å². The summed E-state index contributed by atoms with van der Waals surface area (Å²) in [7, 11) is 0. The fourth-order valence-electron chi connectivity index (χ4n) is 0.924. The minimum Gasteiger partial charge on any atom is -0.480 e. The zero-order valence-electron chi connectivity index (χ0n) is 7.60. The first-order valence-electron chi connectivity index (χ1n) is 3.97. The molecule has 0 radical (unpaired) electrons. The van der Waals surface area contributed by atoms with Crippen molar-refractivity contribution in [1.82, 2.24) is 4.98 Å². The predicted octanol–water partition coefficient (Wildman–Crippen LogP) is 0.369. The van der Waals surface area contributed by atoms with Crippen molar-refractivity contribution in [3.8, 4) is 0 Å². The van der Waals surface area contributed by atoms with E-state index in [9.17, 15) is 9.59 Å². The summed E-state index contributed by atoms with van der Waals surface area (Å²) in [5.74, 6) is -1.26. The number of aromatic nitrogens is 1. The summed E-state index contributed by atoms with van der Waals surface area (Å²) in [5, 5.41) is 8.58. The lowest BCUT2D eigenvalue weighted by molar-refractivity contribution is -0.138. The Labute approximate surface area is 80.6 Å². The van der Waals surface area contributed by atoms with Crippen molar-refractivity contribution in [1.29, 1.82) is 0 Å². The number of aliphatic carboxylic acids is 1. The number of carbonyl (C=O) groups excluding carboxylic acids is 1. The lowest BCUT2D eigenvalue weighted by Gasteiger charge is -2.05. The number of hydrogen-bond acceptors (Lipinski definition) is 4. The van der Waals surface area contributed by atoms with Gasteiger partial charge in [-0.15, -0.1) is 0 Å². The third-order valence-corrected chi connectivity index (χ3v) is 1.78. The molecule has 0 saturated carbocycles. The predicted molar refractivity (Wildman–Crippen MR) is 48.8 cm³/mol. The molecule has 0 unspecified atom stereocenters. The van der Waals surface area contributed by atoms with E-state index in [0.717, 1.165) is 0 Å². The van der Waals surface area contributed by atoms with Crippen molar-refractivity contribution in [3.05, 3.63) is 29.6 Å². The second-order valence-corrected chi connectivity index (χ2v) is 2.84. The summed E-state index contributed by atoms with van der Waals surface area (Å²) in [5.41, 5.74) is 5.99. The van der Waals surface area contributed by atoms with Crippen LogP contribution in [0.25, 0.3) is 0 Å². The summed E-state index contributed by atoms with van der Waals surface area (Å²) in [6.07, 6.45) is 1.32. The van der Waals surface area contributed by atoms with Crippen LogP contribution in [0.1, 0.15) is 29.0 Å². The van der Waals surface area contributed by atoms with Gasteiger partial charge in [0.15, 0.2) is 5.78 Å². The van der Waals surface area contributed by atoms with E-state index in [2.05, 4.69) is 4.98 Å². The van der Waals surface area contributed by atoms with Gasteiger partial charge in [-0.25, -0.2) is 0 Å². The Morgan fingerprint density at radius 2 is 2.14 bits per heavy atom. The van der Waals surface area contributed by atoms with Gasteiger partial charge >= 0.3 is 5.97 Å². The zero-order valence-corrected chi connectivity index (χ0v) is 7.60. The van der Waals surface area contributed by atoms with Crippen LogP contribution in [0.5, 0.6) is 0 Å². The van der Waals surface area contributed by atoms with Crippen LogP contribution in [0, 0.1) is 0 Å². The van der Waals surface area contributed by atoms with Gasteiger partial charge in [-0.05, 0) is 19.1 Å². The second-order valence-electron chi connectivity index (χ2n) is 2.84. The Balaban J connectivity index is 2.94. The molecule has 0 saturated heterocycles. The molecule has 1 aromatic rings. The molecule has 1 rings (SSSR count). The zero-order chi connectivity index (χ0) is 10.7. The highest BCUT2D eigenvalue weighted by molar-refractivity contribution is 5.93. The van der Waals surface area contributed by atoms with Crippen molar-refractivity contribution < 1.29 is 14.7 Å². The number of ketones is 1. The topological polar surface area (TPSA) is 93.3 Å². The molecule has 1 aromatic heterocycles.